The maximum Gasteiger partial charge on any atom is 0.242 e. The standard InChI is InChI=1S/C25H25ClN2O2S/c1-2-3-12-23(29)27-21-10-7-11-22(17-21)31-24(18-8-5-4-6-9-18)25(30)28-20-15-13-19(26)14-16-20/h4-11,13-17,24H,2-3,12H2,1H3,(H,27,29)(H,28,30). The Morgan fingerprint density at radius 1 is 0.903 bits per heavy atom. The fourth-order valence-corrected chi connectivity index (χ4v) is 4.20. The average molecular weight is 453 g/mol. The van der Waals surface area contributed by atoms with Crippen LogP contribution < -0.4 is 10.6 Å². The second-order valence-corrected chi connectivity index (χ2v) is 8.70. The van der Waals surface area contributed by atoms with Crippen molar-refractivity contribution >= 4 is 46.6 Å². The first-order valence-corrected chi connectivity index (χ1v) is 11.5. The van der Waals surface area contributed by atoms with Gasteiger partial charge in [-0.25, -0.2) is 0 Å². The second-order valence-electron chi connectivity index (χ2n) is 7.08. The van der Waals surface area contributed by atoms with Crippen molar-refractivity contribution in [2.45, 2.75) is 36.3 Å². The first-order valence-electron chi connectivity index (χ1n) is 10.2. The summed E-state index contributed by atoms with van der Waals surface area (Å²) in [6.45, 7) is 2.06. The number of unbranched alkanes of at least 4 members (excludes halogenated alkanes) is 1. The maximum absolute atomic E-state index is 13.1. The molecule has 0 radical (unpaired) electrons. The van der Waals surface area contributed by atoms with Crippen LogP contribution in [0, 0.1) is 0 Å². The number of rotatable bonds is 9. The zero-order valence-electron chi connectivity index (χ0n) is 17.3. The molecule has 1 unspecified atom stereocenters. The zero-order valence-corrected chi connectivity index (χ0v) is 18.9. The summed E-state index contributed by atoms with van der Waals surface area (Å²) in [5.74, 6) is -0.125. The van der Waals surface area contributed by atoms with Crippen LogP contribution in [0.4, 0.5) is 11.4 Å². The van der Waals surface area contributed by atoms with Crippen molar-refractivity contribution in [3.05, 3.63) is 89.4 Å². The van der Waals surface area contributed by atoms with E-state index < -0.39 is 5.25 Å². The van der Waals surface area contributed by atoms with E-state index in [9.17, 15) is 9.59 Å². The van der Waals surface area contributed by atoms with E-state index in [4.69, 9.17) is 11.6 Å². The van der Waals surface area contributed by atoms with Gasteiger partial charge in [0, 0.05) is 27.7 Å². The second kappa shape index (κ2) is 11.6. The number of benzene rings is 3. The summed E-state index contributed by atoms with van der Waals surface area (Å²) >= 11 is 7.39. The van der Waals surface area contributed by atoms with Crippen LogP contribution in [0.3, 0.4) is 0 Å². The number of thioether (sulfide) groups is 1. The monoisotopic (exact) mass is 452 g/mol. The predicted molar refractivity (Wildman–Crippen MR) is 130 cm³/mol. The van der Waals surface area contributed by atoms with E-state index in [2.05, 4.69) is 17.6 Å². The van der Waals surface area contributed by atoms with Crippen LogP contribution in [-0.4, -0.2) is 11.8 Å². The molecule has 3 aromatic carbocycles. The number of nitrogens with one attached hydrogen (secondary N) is 2. The quantitative estimate of drug-likeness (QED) is 0.345. The zero-order chi connectivity index (χ0) is 22.1. The molecule has 0 aliphatic rings. The third-order valence-corrected chi connectivity index (χ3v) is 6.08. The van der Waals surface area contributed by atoms with Crippen LogP contribution in [0.15, 0.2) is 83.8 Å². The number of carbonyl (C=O) groups is 2. The van der Waals surface area contributed by atoms with E-state index in [1.54, 1.807) is 24.3 Å². The lowest BCUT2D eigenvalue weighted by atomic mass is 10.1. The molecule has 3 aromatic rings. The normalized spacial score (nSPS) is 11.5. The first kappa shape index (κ1) is 22.9. The van der Waals surface area contributed by atoms with Crippen molar-refractivity contribution in [1.29, 1.82) is 0 Å². The van der Waals surface area contributed by atoms with Crippen LogP contribution in [0.2, 0.25) is 5.02 Å². The summed E-state index contributed by atoms with van der Waals surface area (Å²) in [6, 6.07) is 24.3. The summed E-state index contributed by atoms with van der Waals surface area (Å²) in [5.41, 5.74) is 2.32. The summed E-state index contributed by atoms with van der Waals surface area (Å²) < 4.78 is 0. The highest BCUT2D eigenvalue weighted by molar-refractivity contribution is 8.00. The molecular weight excluding hydrogens is 428 g/mol. The largest absolute Gasteiger partial charge is 0.326 e. The Bertz CT molecular complexity index is 1010. The lowest BCUT2D eigenvalue weighted by molar-refractivity contribution is -0.116. The van der Waals surface area contributed by atoms with Crippen molar-refractivity contribution in [3.63, 3.8) is 0 Å². The van der Waals surface area contributed by atoms with Gasteiger partial charge >= 0.3 is 0 Å². The number of hydrogen-bond donors (Lipinski definition) is 2. The molecule has 0 saturated carbocycles. The molecule has 0 heterocycles. The van der Waals surface area contributed by atoms with Gasteiger partial charge in [0.05, 0.1) is 0 Å². The topological polar surface area (TPSA) is 58.2 Å². The minimum atomic E-state index is -0.456. The molecular formula is C25H25ClN2O2S. The molecule has 0 fully saturated rings. The number of carbonyl (C=O) groups excluding carboxylic acids is 2. The fourth-order valence-electron chi connectivity index (χ4n) is 2.99. The molecule has 0 saturated heterocycles. The van der Waals surface area contributed by atoms with Crippen LogP contribution >= 0.6 is 23.4 Å². The van der Waals surface area contributed by atoms with Crippen LogP contribution in [0.1, 0.15) is 37.0 Å². The third kappa shape index (κ3) is 7.16. The highest BCUT2D eigenvalue weighted by Gasteiger charge is 2.22. The summed E-state index contributed by atoms with van der Waals surface area (Å²) in [6.07, 6.45) is 2.34. The lowest BCUT2D eigenvalue weighted by Crippen LogP contribution is -2.19. The van der Waals surface area contributed by atoms with Gasteiger partial charge in [-0.1, -0.05) is 61.3 Å². The Labute approximate surface area is 192 Å². The van der Waals surface area contributed by atoms with Gasteiger partial charge in [-0.05, 0) is 54.4 Å². The van der Waals surface area contributed by atoms with Gasteiger partial charge in [0.1, 0.15) is 5.25 Å². The molecule has 1 atom stereocenters. The van der Waals surface area contributed by atoms with Crippen molar-refractivity contribution in [2.24, 2.45) is 0 Å². The van der Waals surface area contributed by atoms with E-state index in [0.29, 0.717) is 17.1 Å². The van der Waals surface area contributed by atoms with Gasteiger partial charge in [-0.15, -0.1) is 11.8 Å². The fraction of sp³-hybridized carbons (Fsp3) is 0.200. The van der Waals surface area contributed by atoms with Crippen LogP contribution in [0.5, 0.6) is 0 Å². The highest BCUT2D eigenvalue weighted by atomic mass is 35.5. The van der Waals surface area contributed by atoms with E-state index >= 15 is 0 Å². The molecule has 160 valence electrons. The first-order chi connectivity index (χ1) is 15.0. The average Bonchev–Trinajstić information content (AvgIpc) is 2.78. The summed E-state index contributed by atoms with van der Waals surface area (Å²) in [7, 11) is 0. The predicted octanol–water partition coefficient (Wildman–Crippen LogP) is 6.94. The Kier molecular flexibility index (Phi) is 8.56. The molecule has 31 heavy (non-hydrogen) atoms. The maximum atomic E-state index is 13.1. The van der Waals surface area contributed by atoms with Gasteiger partial charge in [0.15, 0.2) is 0 Å². The van der Waals surface area contributed by atoms with Gasteiger partial charge in [-0.3, -0.25) is 9.59 Å². The Hall–Kier alpha value is -2.76. The number of amides is 2. The molecule has 3 rings (SSSR count). The van der Waals surface area contributed by atoms with Crippen molar-refractivity contribution in [3.8, 4) is 0 Å². The highest BCUT2D eigenvalue weighted by Crippen LogP contribution is 2.37. The summed E-state index contributed by atoms with van der Waals surface area (Å²) in [5, 5.41) is 6.07. The van der Waals surface area contributed by atoms with Crippen molar-refractivity contribution < 1.29 is 9.59 Å². The smallest absolute Gasteiger partial charge is 0.242 e. The molecule has 4 nitrogen and oxygen atoms in total. The Morgan fingerprint density at radius 2 is 1.65 bits per heavy atom. The lowest BCUT2D eigenvalue weighted by Gasteiger charge is -2.18. The van der Waals surface area contributed by atoms with Crippen molar-refractivity contribution in [2.75, 3.05) is 10.6 Å². The van der Waals surface area contributed by atoms with Gasteiger partial charge in [0.25, 0.3) is 0 Å². The van der Waals surface area contributed by atoms with E-state index in [1.807, 2.05) is 54.6 Å². The Morgan fingerprint density at radius 3 is 2.35 bits per heavy atom. The van der Waals surface area contributed by atoms with Gasteiger partial charge < -0.3 is 10.6 Å². The molecule has 2 amide bonds. The Balaban J connectivity index is 1.77. The number of halogens is 1. The number of hydrogen-bond acceptors (Lipinski definition) is 3. The molecule has 6 heteroatoms. The summed E-state index contributed by atoms with van der Waals surface area (Å²) in [4.78, 5) is 26.1. The molecule has 0 bridgehead atoms. The molecule has 0 spiro atoms. The van der Waals surface area contributed by atoms with Gasteiger partial charge in [-0.2, -0.15) is 0 Å². The SMILES string of the molecule is CCCCC(=O)Nc1cccc(SC(C(=O)Nc2ccc(Cl)cc2)c2ccccc2)c1. The van der Waals surface area contributed by atoms with Gasteiger partial charge in [0.2, 0.25) is 11.8 Å². The minimum Gasteiger partial charge on any atom is -0.326 e. The molecule has 0 aliphatic carbocycles. The minimum absolute atomic E-state index is 0.00379. The van der Waals surface area contributed by atoms with Crippen LogP contribution in [-0.2, 0) is 9.59 Å². The van der Waals surface area contributed by atoms with E-state index in [0.717, 1.165) is 29.0 Å². The molecule has 0 aliphatic heterocycles. The van der Waals surface area contributed by atoms with E-state index in [-0.39, 0.29) is 11.8 Å². The van der Waals surface area contributed by atoms with Crippen molar-refractivity contribution in [1.82, 2.24) is 0 Å². The van der Waals surface area contributed by atoms with Crippen LogP contribution in [0.25, 0.3) is 0 Å². The molecule has 2 N–H and O–H groups in total. The van der Waals surface area contributed by atoms with E-state index in [1.165, 1.54) is 11.8 Å². The number of anilines is 2. The molecule has 0 aromatic heterocycles. The third-order valence-electron chi connectivity index (χ3n) is 4.58.